The van der Waals surface area contributed by atoms with Gasteiger partial charge in [0.25, 0.3) is 5.91 Å². The number of ether oxygens (including phenoxy) is 2. The first-order valence-electron chi connectivity index (χ1n) is 8.25. The van der Waals surface area contributed by atoms with Crippen LogP contribution in [0.3, 0.4) is 0 Å². The molecule has 2 aromatic carbocycles. The lowest BCUT2D eigenvalue weighted by atomic mass is 9.95. The van der Waals surface area contributed by atoms with E-state index in [0.717, 1.165) is 18.4 Å². The summed E-state index contributed by atoms with van der Waals surface area (Å²) in [6.07, 6.45) is 1.56. The molecule has 0 bridgehead atoms. The fraction of sp³-hybridized carbons (Fsp3) is 0.263. The Hall–Kier alpha value is -3.02. The summed E-state index contributed by atoms with van der Waals surface area (Å²) in [6, 6.07) is 14.6. The Morgan fingerprint density at radius 3 is 2.32 bits per heavy atom. The number of hydrogen-bond acceptors (Lipinski definition) is 4. The van der Waals surface area contributed by atoms with Crippen LogP contribution in [0.2, 0.25) is 0 Å². The molecule has 0 unspecified atom stereocenters. The number of rotatable bonds is 3. The van der Waals surface area contributed by atoms with Crippen LogP contribution in [0.25, 0.3) is 0 Å². The molecule has 128 valence electrons. The second-order valence-electron chi connectivity index (χ2n) is 6.21. The van der Waals surface area contributed by atoms with E-state index in [4.69, 9.17) is 9.47 Å². The van der Waals surface area contributed by atoms with Crippen molar-refractivity contribution in [3.63, 3.8) is 0 Å². The van der Waals surface area contributed by atoms with Crippen molar-refractivity contribution in [3.05, 3.63) is 59.7 Å². The molecular formula is C19H18N2O4. The van der Waals surface area contributed by atoms with E-state index in [0.29, 0.717) is 30.3 Å². The van der Waals surface area contributed by atoms with Gasteiger partial charge < -0.3 is 9.47 Å². The zero-order valence-electron chi connectivity index (χ0n) is 13.6. The molecule has 1 heterocycles. The molecule has 6 nitrogen and oxygen atoms in total. The van der Waals surface area contributed by atoms with Gasteiger partial charge >= 0.3 is 0 Å². The Morgan fingerprint density at radius 1 is 0.880 bits per heavy atom. The van der Waals surface area contributed by atoms with E-state index in [1.807, 2.05) is 30.3 Å². The molecule has 1 aliphatic heterocycles. The maximum absolute atomic E-state index is 12.5. The van der Waals surface area contributed by atoms with Gasteiger partial charge in [0.1, 0.15) is 13.2 Å². The fourth-order valence-electron chi connectivity index (χ4n) is 3.02. The molecule has 1 aliphatic carbocycles. The summed E-state index contributed by atoms with van der Waals surface area (Å²) in [4.78, 5) is 24.8. The van der Waals surface area contributed by atoms with Gasteiger partial charge in [0.2, 0.25) is 5.91 Å². The second kappa shape index (κ2) is 6.12. The van der Waals surface area contributed by atoms with Gasteiger partial charge in [0.05, 0.1) is 5.41 Å². The zero-order chi connectivity index (χ0) is 17.3. The first-order chi connectivity index (χ1) is 12.2. The Bertz CT molecular complexity index is 815. The molecule has 4 rings (SSSR count). The summed E-state index contributed by atoms with van der Waals surface area (Å²) < 4.78 is 10.9. The molecule has 1 fully saturated rings. The predicted octanol–water partition coefficient (Wildman–Crippen LogP) is 1.95. The van der Waals surface area contributed by atoms with Gasteiger partial charge in [-0.15, -0.1) is 0 Å². The van der Waals surface area contributed by atoms with Crippen LogP contribution in [0.1, 0.15) is 28.8 Å². The van der Waals surface area contributed by atoms with E-state index < -0.39 is 11.3 Å². The van der Waals surface area contributed by atoms with E-state index in [1.54, 1.807) is 18.2 Å². The third-order valence-electron chi connectivity index (χ3n) is 4.60. The highest BCUT2D eigenvalue weighted by atomic mass is 16.6. The lowest BCUT2D eigenvalue weighted by molar-refractivity contribution is -0.124. The quantitative estimate of drug-likeness (QED) is 0.839. The molecule has 2 amide bonds. The van der Waals surface area contributed by atoms with Gasteiger partial charge in [0, 0.05) is 5.56 Å². The number of fused-ring (bicyclic) bond motifs is 1. The number of hydrogen-bond donors (Lipinski definition) is 2. The Morgan fingerprint density at radius 2 is 1.60 bits per heavy atom. The van der Waals surface area contributed by atoms with Crippen molar-refractivity contribution >= 4 is 11.8 Å². The molecule has 0 saturated heterocycles. The highest BCUT2D eigenvalue weighted by Crippen LogP contribution is 2.48. The molecule has 1 saturated carbocycles. The monoisotopic (exact) mass is 338 g/mol. The van der Waals surface area contributed by atoms with Crippen LogP contribution in [-0.4, -0.2) is 25.0 Å². The van der Waals surface area contributed by atoms with Gasteiger partial charge in [-0.25, -0.2) is 0 Å². The number of hydrazine groups is 1. The first-order valence-corrected chi connectivity index (χ1v) is 8.25. The number of carbonyl (C=O) groups is 2. The summed E-state index contributed by atoms with van der Waals surface area (Å²) in [5.74, 6) is 0.569. The summed E-state index contributed by atoms with van der Waals surface area (Å²) in [7, 11) is 0. The third kappa shape index (κ3) is 2.91. The summed E-state index contributed by atoms with van der Waals surface area (Å²) >= 11 is 0. The molecule has 0 spiro atoms. The molecule has 2 aliphatic rings. The summed E-state index contributed by atoms with van der Waals surface area (Å²) in [5, 5.41) is 0. The summed E-state index contributed by atoms with van der Waals surface area (Å²) in [5.41, 5.74) is 5.88. The molecule has 0 aromatic heterocycles. The highest BCUT2D eigenvalue weighted by Gasteiger charge is 2.51. The van der Waals surface area contributed by atoms with Gasteiger partial charge in [-0.05, 0) is 36.6 Å². The van der Waals surface area contributed by atoms with Crippen molar-refractivity contribution in [1.29, 1.82) is 0 Å². The molecule has 25 heavy (non-hydrogen) atoms. The van der Waals surface area contributed by atoms with Gasteiger partial charge in [-0.2, -0.15) is 0 Å². The van der Waals surface area contributed by atoms with Crippen molar-refractivity contribution in [2.24, 2.45) is 0 Å². The number of amides is 2. The Labute approximate surface area is 145 Å². The minimum atomic E-state index is -0.526. The molecule has 6 heteroatoms. The second-order valence-corrected chi connectivity index (χ2v) is 6.21. The van der Waals surface area contributed by atoms with Crippen LogP contribution >= 0.6 is 0 Å². The minimum Gasteiger partial charge on any atom is -0.486 e. The third-order valence-corrected chi connectivity index (χ3v) is 4.60. The van der Waals surface area contributed by atoms with Crippen molar-refractivity contribution < 1.29 is 19.1 Å². The smallest absolute Gasteiger partial charge is 0.269 e. The Balaban J connectivity index is 1.41. The van der Waals surface area contributed by atoms with Gasteiger partial charge in [-0.3, -0.25) is 20.4 Å². The normalized spacial score (nSPS) is 16.6. The van der Waals surface area contributed by atoms with Crippen molar-refractivity contribution in [1.82, 2.24) is 10.9 Å². The van der Waals surface area contributed by atoms with Crippen LogP contribution in [0.15, 0.2) is 48.5 Å². The average molecular weight is 338 g/mol. The highest BCUT2D eigenvalue weighted by molar-refractivity contribution is 5.98. The van der Waals surface area contributed by atoms with E-state index in [9.17, 15) is 9.59 Å². The zero-order valence-corrected chi connectivity index (χ0v) is 13.6. The largest absolute Gasteiger partial charge is 0.486 e. The molecule has 0 radical (unpaired) electrons. The van der Waals surface area contributed by atoms with Crippen LogP contribution < -0.4 is 20.3 Å². The Kier molecular flexibility index (Phi) is 3.80. The summed E-state index contributed by atoms with van der Waals surface area (Å²) in [6.45, 7) is 0.949. The van der Waals surface area contributed by atoms with Crippen molar-refractivity contribution in [3.8, 4) is 11.5 Å². The van der Waals surface area contributed by atoms with Crippen LogP contribution in [0.4, 0.5) is 0 Å². The molecule has 0 atom stereocenters. The standard InChI is InChI=1S/C19H18N2O4/c22-17(13-6-7-15-16(12-13)25-11-10-24-15)20-21-18(23)19(8-9-19)14-4-2-1-3-5-14/h1-7,12H,8-11H2,(H,20,22)(H,21,23). The number of carbonyl (C=O) groups excluding carboxylic acids is 2. The maximum atomic E-state index is 12.5. The van der Waals surface area contributed by atoms with E-state index in [2.05, 4.69) is 10.9 Å². The maximum Gasteiger partial charge on any atom is 0.269 e. The van der Waals surface area contributed by atoms with Gasteiger partial charge in [0.15, 0.2) is 11.5 Å². The molecule has 2 N–H and O–H groups in total. The van der Waals surface area contributed by atoms with Crippen molar-refractivity contribution in [2.45, 2.75) is 18.3 Å². The topological polar surface area (TPSA) is 76.7 Å². The fourth-order valence-corrected chi connectivity index (χ4v) is 3.02. The lowest BCUT2D eigenvalue weighted by Crippen LogP contribution is -2.46. The van der Waals surface area contributed by atoms with Crippen molar-refractivity contribution in [2.75, 3.05) is 13.2 Å². The number of nitrogens with one attached hydrogen (secondary N) is 2. The molecular weight excluding hydrogens is 320 g/mol. The van der Waals surface area contributed by atoms with E-state index in [-0.39, 0.29) is 5.91 Å². The van der Waals surface area contributed by atoms with Crippen LogP contribution in [0, 0.1) is 0 Å². The average Bonchev–Trinajstić information content (AvgIpc) is 3.48. The van der Waals surface area contributed by atoms with E-state index in [1.165, 1.54) is 0 Å². The van der Waals surface area contributed by atoms with Crippen LogP contribution in [0.5, 0.6) is 11.5 Å². The van der Waals surface area contributed by atoms with Crippen LogP contribution in [-0.2, 0) is 10.2 Å². The first kappa shape index (κ1) is 15.5. The molecule has 2 aromatic rings. The van der Waals surface area contributed by atoms with E-state index >= 15 is 0 Å². The van der Waals surface area contributed by atoms with Gasteiger partial charge in [-0.1, -0.05) is 30.3 Å². The minimum absolute atomic E-state index is 0.190. The predicted molar refractivity (Wildman–Crippen MR) is 90.4 cm³/mol. The SMILES string of the molecule is O=C(NNC(=O)C1(c2ccccc2)CC1)c1ccc2c(c1)OCCO2. The lowest BCUT2D eigenvalue weighted by Gasteiger charge is -2.19. The number of benzene rings is 2.